The van der Waals surface area contributed by atoms with E-state index in [0.717, 1.165) is 37.7 Å². The van der Waals surface area contributed by atoms with Gasteiger partial charge in [0.25, 0.3) is 0 Å². The molecule has 0 saturated heterocycles. The molecule has 0 aliphatic rings. The number of ether oxygens (including phenoxy) is 2. The number of nitrogens with one attached hydrogen (secondary N) is 2. The Morgan fingerprint density at radius 3 is 2.00 bits per heavy atom. The second-order valence-electron chi connectivity index (χ2n) is 14.1. The van der Waals surface area contributed by atoms with E-state index in [0.29, 0.717) is 17.5 Å². The highest BCUT2D eigenvalue weighted by molar-refractivity contribution is 5.94. The number of amides is 3. The Kier molecular flexibility index (Phi) is 15.7. The number of nitrogens with zero attached hydrogens (tertiary/aromatic N) is 1. The lowest BCUT2D eigenvalue weighted by Crippen LogP contribution is -2.54. The van der Waals surface area contributed by atoms with Crippen LogP contribution in [-0.4, -0.2) is 58.6 Å². The van der Waals surface area contributed by atoms with Gasteiger partial charge in [0, 0.05) is 18.5 Å². The van der Waals surface area contributed by atoms with E-state index in [1.165, 1.54) is 4.90 Å². The van der Waals surface area contributed by atoms with Gasteiger partial charge in [0.1, 0.15) is 29.3 Å². The first-order valence-corrected chi connectivity index (χ1v) is 17.0. The van der Waals surface area contributed by atoms with Crippen molar-refractivity contribution in [3.63, 3.8) is 0 Å². The first-order chi connectivity index (χ1) is 22.6. The fourth-order valence-electron chi connectivity index (χ4n) is 5.21. The predicted molar refractivity (Wildman–Crippen MR) is 189 cm³/mol. The van der Waals surface area contributed by atoms with Crippen molar-refractivity contribution in [1.29, 1.82) is 0 Å². The highest BCUT2D eigenvalue weighted by atomic mass is 16.6. The van der Waals surface area contributed by atoms with Crippen LogP contribution >= 0.6 is 0 Å². The van der Waals surface area contributed by atoms with Crippen LogP contribution in [0.2, 0.25) is 0 Å². The summed E-state index contributed by atoms with van der Waals surface area (Å²) in [6.07, 6.45) is 11.1. The molecule has 0 aliphatic heterocycles. The molecule has 0 fully saturated rings. The van der Waals surface area contributed by atoms with E-state index in [2.05, 4.69) is 23.5 Å². The number of esters is 1. The number of carbonyl (C=O) groups is 4. The van der Waals surface area contributed by atoms with Gasteiger partial charge in [-0.25, -0.2) is 9.59 Å². The number of terminal acetylenes is 1. The zero-order chi connectivity index (χ0) is 35.9. The normalized spacial score (nSPS) is 13.3. The van der Waals surface area contributed by atoms with E-state index in [-0.39, 0.29) is 13.0 Å². The summed E-state index contributed by atoms with van der Waals surface area (Å²) in [5.41, 5.74) is 0.125. The van der Waals surface area contributed by atoms with E-state index < -0.39 is 53.2 Å². The number of unbranched alkanes of at least 4 members (excludes halogenated alkanes) is 5. The lowest BCUT2D eigenvalue weighted by molar-refractivity contribution is -0.159. The van der Waals surface area contributed by atoms with Crippen LogP contribution in [0.5, 0.6) is 0 Å². The Bertz CT molecular complexity index is 1390. The number of hydrogen-bond acceptors (Lipinski definition) is 6. The summed E-state index contributed by atoms with van der Waals surface area (Å²) in [5.74, 6) is 0.973. The third-order valence-electron chi connectivity index (χ3n) is 7.40. The molecule has 9 heteroatoms. The van der Waals surface area contributed by atoms with Crippen molar-refractivity contribution in [3.8, 4) is 12.3 Å². The molecule has 2 rings (SSSR count). The molecule has 0 aliphatic carbocycles. The van der Waals surface area contributed by atoms with Gasteiger partial charge < -0.3 is 25.0 Å². The molecule has 3 atom stereocenters. The average molecular weight is 662 g/mol. The minimum Gasteiger partial charge on any atom is -0.458 e. The molecular formula is C39H55N3O6. The number of rotatable bonds is 16. The number of benzene rings is 2. The van der Waals surface area contributed by atoms with Gasteiger partial charge in [0.2, 0.25) is 11.8 Å². The molecule has 0 radical (unpaired) electrons. The molecule has 262 valence electrons. The monoisotopic (exact) mass is 661 g/mol. The summed E-state index contributed by atoms with van der Waals surface area (Å²) >= 11 is 0. The second kappa shape index (κ2) is 18.9. The second-order valence-corrected chi connectivity index (χ2v) is 14.1. The highest BCUT2D eigenvalue weighted by Crippen LogP contribution is 2.27. The number of hydrogen-bond donors (Lipinski definition) is 2. The molecular weight excluding hydrogens is 606 g/mol. The summed E-state index contributed by atoms with van der Waals surface area (Å²) in [5, 5.41) is 5.54. The summed E-state index contributed by atoms with van der Waals surface area (Å²) < 4.78 is 11.1. The lowest BCUT2D eigenvalue weighted by atomic mass is 9.96. The van der Waals surface area contributed by atoms with Crippen molar-refractivity contribution in [2.75, 3.05) is 6.54 Å². The molecule has 9 nitrogen and oxygen atoms in total. The van der Waals surface area contributed by atoms with Crippen molar-refractivity contribution >= 4 is 23.9 Å². The first-order valence-electron chi connectivity index (χ1n) is 17.0. The van der Waals surface area contributed by atoms with Crippen LogP contribution in [0.25, 0.3) is 0 Å². The molecule has 0 heterocycles. The van der Waals surface area contributed by atoms with Crippen LogP contribution in [0, 0.1) is 12.3 Å². The molecule has 0 saturated carbocycles. The Morgan fingerprint density at radius 1 is 0.812 bits per heavy atom. The van der Waals surface area contributed by atoms with Crippen molar-refractivity contribution in [2.24, 2.45) is 0 Å². The van der Waals surface area contributed by atoms with Gasteiger partial charge in [0.05, 0.1) is 0 Å². The van der Waals surface area contributed by atoms with Gasteiger partial charge in [-0.05, 0) is 72.1 Å². The van der Waals surface area contributed by atoms with E-state index in [4.69, 9.17) is 15.9 Å². The minimum absolute atomic E-state index is 0.174. The first kappa shape index (κ1) is 39.9. The zero-order valence-corrected chi connectivity index (χ0v) is 30.1. The van der Waals surface area contributed by atoms with Crippen LogP contribution in [-0.2, 0) is 30.3 Å². The van der Waals surface area contributed by atoms with Crippen LogP contribution in [0.3, 0.4) is 0 Å². The molecule has 3 unspecified atom stereocenters. The summed E-state index contributed by atoms with van der Waals surface area (Å²) in [6, 6.07) is 13.0. The van der Waals surface area contributed by atoms with Gasteiger partial charge in [-0.15, -0.1) is 6.42 Å². The number of carbonyl (C=O) groups excluding carboxylic acids is 4. The topological polar surface area (TPSA) is 114 Å². The van der Waals surface area contributed by atoms with E-state index in [1.54, 1.807) is 72.7 Å². The SMILES string of the molecule is C#Cc1ccccc1C(C(=O)NC(Cc1ccccc1)C(=O)OC(C)(C)C)N(CCCCCCCC)C(=O)C(C)NC(=O)OC(C)(C)C. The van der Waals surface area contributed by atoms with E-state index >= 15 is 0 Å². The maximum atomic E-state index is 14.5. The van der Waals surface area contributed by atoms with Crippen molar-refractivity contribution < 1.29 is 28.7 Å². The average Bonchev–Trinajstić information content (AvgIpc) is 3.00. The smallest absolute Gasteiger partial charge is 0.408 e. The quantitative estimate of drug-likeness (QED) is 0.115. The van der Waals surface area contributed by atoms with Crippen molar-refractivity contribution in [3.05, 3.63) is 71.3 Å². The predicted octanol–water partition coefficient (Wildman–Crippen LogP) is 6.88. The third kappa shape index (κ3) is 13.8. The van der Waals surface area contributed by atoms with Crippen LogP contribution in [0.1, 0.15) is 117 Å². The molecule has 3 amide bonds. The maximum Gasteiger partial charge on any atom is 0.408 e. The highest BCUT2D eigenvalue weighted by Gasteiger charge is 2.38. The molecule has 2 N–H and O–H groups in total. The standard InChI is InChI=1S/C39H55N3O6/c1-10-12-13-14-15-21-26-42(35(44)28(3)40-37(46)48-39(7,8)9)33(31-25-20-19-24-30(31)11-2)34(43)41-32(36(45)47-38(4,5)6)27-29-22-17-16-18-23-29/h2,16-20,22-25,28,32-33H,10,12-15,21,26-27H2,1,3-9H3,(H,40,46)(H,41,43). The molecule has 2 aromatic rings. The zero-order valence-electron chi connectivity index (χ0n) is 30.1. The van der Waals surface area contributed by atoms with Gasteiger partial charge >= 0.3 is 12.1 Å². The van der Waals surface area contributed by atoms with E-state index in [1.807, 2.05) is 30.3 Å². The fourth-order valence-corrected chi connectivity index (χ4v) is 5.21. The van der Waals surface area contributed by atoms with Gasteiger partial charge in [0.15, 0.2) is 0 Å². The molecule has 0 aromatic heterocycles. The Hall–Kier alpha value is -4.32. The van der Waals surface area contributed by atoms with Crippen LogP contribution in [0.15, 0.2) is 54.6 Å². The fraction of sp³-hybridized carbons (Fsp3) is 0.538. The lowest BCUT2D eigenvalue weighted by Gasteiger charge is -2.35. The van der Waals surface area contributed by atoms with E-state index in [9.17, 15) is 19.2 Å². The van der Waals surface area contributed by atoms with Crippen LogP contribution in [0.4, 0.5) is 4.79 Å². The van der Waals surface area contributed by atoms with Crippen molar-refractivity contribution in [2.45, 2.75) is 130 Å². The molecule has 48 heavy (non-hydrogen) atoms. The molecule has 0 bridgehead atoms. The largest absolute Gasteiger partial charge is 0.458 e. The van der Waals surface area contributed by atoms with Gasteiger partial charge in [-0.1, -0.05) is 93.5 Å². The van der Waals surface area contributed by atoms with Crippen LogP contribution < -0.4 is 10.6 Å². The maximum absolute atomic E-state index is 14.5. The van der Waals surface area contributed by atoms with Crippen molar-refractivity contribution in [1.82, 2.24) is 15.5 Å². The molecule has 2 aromatic carbocycles. The summed E-state index contributed by atoms with van der Waals surface area (Å²) in [7, 11) is 0. The third-order valence-corrected chi connectivity index (χ3v) is 7.40. The Morgan fingerprint density at radius 2 is 1.40 bits per heavy atom. The summed E-state index contributed by atoms with van der Waals surface area (Å²) in [6.45, 7) is 14.4. The molecule has 0 spiro atoms. The Balaban J connectivity index is 2.58. The summed E-state index contributed by atoms with van der Waals surface area (Å²) in [4.78, 5) is 56.5. The minimum atomic E-state index is -1.20. The Labute approximate surface area is 287 Å². The number of alkyl carbamates (subject to hydrolysis) is 1. The van der Waals surface area contributed by atoms with Gasteiger partial charge in [-0.2, -0.15) is 0 Å². The van der Waals surface area contributed by atoms with Gasteiger partial charge in [-0.3, -0.25) is 9.59 Å².